The fourth-order valence-corrected chi connectivity index (χ4v) is 3.17. The lowest BCUT2D eigenvalue weighted by Gasteiger charge is -2.08. The van der Waals surface area contributed by atoms with Gasteiger partial charge in [0.15, 0.2) is 0 Å². The Morgan fingerprint density at radius 2 is 1.78 bits per heavy atom. The Morgan fingerprint density at radius 1 is 1.07 bits per heavy atom. The second kappa shape index (κ2) is 9.11. The van der Waals surface area contributed by atoms with Crippen LogP contribution in [0.4, 0.5) is 0 Å². The number of ether oxygens (including phenoxy) is 2. The van der Waals surface area contributed by atoms with Crippen LogP contribution in [0.15, 0.2) is 66.1 Å². The van der Waals surface area contributed by atoms with Crippen molar-refractivity contribution in [3.05, 3.63) is 77.9 Å². The molecule has 0 unspecified atom stereocenters. The normalized spacial score (nSPS) is 10.9. The summed E-state index contributed by atoms with van der Waals surface area (Å²) in [4.78, 5) is 23.6. The molecule has 0 radical (unpaired) electrons. The minimum absolute atomic E-state index is 0.0218. The number of hydrogen-bond donors (Lipinski definition) is 1. The predicted molar refractivity (Wildman–Crippen MR) is 98.7 cm³/mol. The van der Waals surface area contributed by atoms with Crippen LogP contribution in [-0.4, -0.2) is 34.0 Å². The Kier molecular flexibility index (Phi) is 6.86. The lowest BCUT2D eigenvalue weighted by atomic mass is 10.1. The van der Waals surface area contributed by atoms with Crippen LogP contribution in [0, 0.1) is 0 Å². The van der Waals surface area contributed by atoms with Gasteiger partial charge in [-0.15, -0.1) is 6.58 Å². The molecule has 0 amide bonds. The molecular formula is C19H19NO6S. The molecule has 0 spiro atoms. The molecule has 0 heterocycles. The van der Waals surface area contributed by atoms with Crippen LogP contribution in [0.5, 0.6) is 0 Å². The van der Waals surface area contributed by atoms with Crippen molar-refractivity contribution in [2.24, 2.45) is 0 Å². The molecule has 0 saturated carbocycles. The minimum atomic E-state index is -3.73. The van der Waals surface area contributed by atoms with Gasteiger partial charge in [-0.05, 0) is 35.9 Å². The van der Waals surface area contributed by atoms with E-state index in [9.17, 15) is 18.0 Å². The van der Waals surface area contributed by atoms with Gasteiger partial charge in [-0.25, -0.2) is 22.7 Å². The highest BCUT2D eigenvalue weighted by Gasteiger charge is 2.16. The number of rotatable bonds is 8. The van der Waals surface area contributed by atoms with Crippen molar-refractivity contribution in [2.45, 2.75) is 11.5 Å². The zero-order chi connectivity index (χ0) is 19.9. The van der Waals surface area contributed by atoms with Crippen LogP contribution in [0.2, 0.25) is 0 Å². The van der Waals surface area contributed by atoms with Crippen LogP contribution >= 0.6 is 0 Å². The number of hydrogen-bond acceptors (Lipinski definition) is 6. The van der Waals surface area contributed by atoms with Crippen molar-refractivity contribution < 1.29 is 27.5 Å². The monoisotopic (exact) mass is 389 g/mol. The average Bonchev–Trinajstić information content (AvgIpc) is 2.70. The summed E-state index contributed by atoms with van der Waals surface area (Å²) in [6.07, 6.45) is 1.42. The third kappa shape index (κ3) is 5.50. The van der Waals surface area contributed by atoms with Crippen LogP contribution < -0.4 is 4.72 Å². The summed E-state index contributed by atoms with van der Waals surface area (Å²) < 4.78 is 36.4. The van der Waals surface area contributed by atoms with E-state index in [1.807, 2.05) is 0 Å². The molecule has 0 fully saturated rings. The van der Waals surface area contributed by atoms with E-state index in [0.29, 0.717) is 11.1 Å². The van der Waals surface area contributed by atoms with E-state index < -0.39 is 22.0 Å². The number of carbonyl (C=O) groups excluding carboxylic acids is 2. The largest absolute Gasteiger partial charge is 0.465 e. The van der Waals surface area contributed by atoms with Gasteiger partial charge in [0, 0.05) is 6.54 Å². The molecule has 0 aliphatic heterocycles. The zero-order valence-electron chi connectivity index (χ0n) is 14.7. The first-order valence-electron chi connectivity index (χ1n) is 7.92. The Morgan fingerprint density at radius 3 is 2.41 bits per heavy atom. The molecule has 27 heavy (non-hydrogen) atoms. The molecule has 0 bridgehead atoms. The molecule has 0 atom stereocenters. The molecule has 142 valence electrons. The van der Waals surface area contributed by atoms with Gasteiger partial charge in [0.05, 0.1) is 23.1 Å². The molecule has 7 nitrogen and oxygen atoms in total. The van der Waals surface area contributed by atoms with Crippen molar-refractivity contribution in [3.8, 4) is 0 Å². The van der Waals surface area contributed by atoms with E-state index in [1.54, 1.807) is 24.3 Å². The minimum Gasteiger partial charge on any atom is -0.465 e. The van der Waals surface area contributed by atoms with E-state index in [2.05, 4.69) is 16.0 Å². The second-order valence-electron chi connectivity index (χ2n) is 5.43. The fourth-order valence-electron chi connectivity index (χ4n) is 2.13. The third-order valence-corrected chi connectivity index (χ3v) is 4.96. The summed E-state index contributed by atoms with van der Waals surface area (Å²) in [7, 11) is -2.44. The summed E-state index contributed by atoms with van der Waals surface area (Å²) in [5.41, 5.74) is 1.17. The third-order valence-electron chi connectivity index (χ3n) is 3.54. The van der Waals surface area contributed by atoms with Gasteiger partial charge >= 0.3 is 11.9 Å². The Labute approximate surface area is 157 Å². The van der Waals surface area contributed by atoms with Crippen molar-refractivity contribution in [1.29, 1.82) is 0 Å². The molecule has 2 rings (SSSR count). The lowest BCUT2D eigenvalue weighted by molar-refractivity contribution is 0.0471. The molecule has 0 aromatic heterocycles. The molecule has 0 aliphatic carbocycles. The molecule has 2 aromatic rings. The van der Waals surface area contributed by atoms with Crippen molar-refractivity contribution in [1.82, 2.24) is 4.72 Å². The number of sulfonamides is 1. The Hall–Kier alpha value is -2.97. The summed E-state index contributed by atoms with van der Waals surface area (Å²) in [6.45, 7) is 3.51. The predicted octanol–water partition coefficient (Wildman–Crippen LogP) is 2.29. The van der Waals surface area contributed by atoms with Crippen LogP contribution in [-0.2, 0) is 26.1 Å². The molecule has 0 aliphatic rings. The van der Waals surface area contributed by atoms with Crippen molar-refractivity contribution in [3.63, 3.8) is 0 Å². The van der Waals surface area contributed by atoms with E-state index in [4.69, 9.17) is 4.74 Å². The smallest absolute Gasteiger partial charge is 0.338 e. The summed E-state index contributed by atoms with van der Waals surface area (Å²) in [5, 5.41) is 0. The fraction of sp³-hybridized carbons (Fsp3) is 0.158. The standard InChI is InChI=1S/C19H19NO6S/c1-3-11-20-27(23,24)17-6-4-5-16(12-17)19(22)26-13-14-7-9-15(10-8-14)18(21)25-2/h3-10,12,20H,1,11,13H2,2H3. The van der Waals surface area contributed by atoms with Crippen LogP contribution in [0.3, 0.4) is 0 Å². The first kappa shape index (κ1) is 20.3. The highest BCUT2D eigenvalue weighted by atomic mass is 32.2. The van der Waals surface area contributed by atoms with E-state index in [0.717, 1.165) is 0 Å². The van der Waals surface area contributed by atoms with Crippen LogP contribution in [0.1, 0.15) is 26.3 Å². The molecule has 8 heteroatoms. The summed E-state index contributed by atoms with van der Waals surface area (Å²) in [5.74, 6) is -1.12. The molecular weight excluding hydrogens is 370 g/mol. The van der Waals surface area contributed by atoms with E-state index in [-0.39, 0.29) is 23.6 Å². The van der Waals surface area contributed by atoms with Crippen LogP contribution in [0.25, 0.3) is 0 Å². The second-order valence-corrected chi connectivity index (χ2v) is 7.20. The van der Waals surface area contributed by atoms with Gasteiger partial charge in [0.25, 0.3) is 0 Å². The maximum Gasteiger partial charge on any atom is 0.338 e. The maximum atomic E-state index is 12.2. The average molecular weight is 389 g/mol. The maximum absolute atomic E-state index is 12.2. The van der Waals surface area contributed by atoms with E-state index in [1.165, 1.54) is 37.5 Å². The molecule has 1 N–H and O–H groups in total. The highest BCUT2D eigenvalue weighted by molar-refractivity contribution is 7.89. The summed E-state index contributed by atoms with van der Waals surface area (Å²) in [6, 6.07) is 12.0. The van der Waals surface area contributed by atoms with Gasteiger partial charge < -0.3 is 9.47 Å². The summed E-state index contributed by atoms with van der Waals surface area (Å²) >= 11 is 0. The zero-order valence-corrected chi connectivity index (χ0v) is 15.5. The highest BCUT2D eigenvalue weighted by Crippen LogP contribution is 2.14. The molecule has 0 saturated heterocycles. The lowest BCUT2D eigenvalue weighted by Crippen LogP contribution is -2.23. The number of methoxy groups -OCH3 is 1. The Bertz CT molecular complexity index is 935. The number of esters is 2. The van der Waals surface area contributed by atoms with E-state index >= 15 is 0 Å². The number of benzene rings is 2. The van der Waals surface area contributed by atoms with Gasteiger partial charge in [0.1, 0.15) is 6.61 Å². The van der Waals surface area contributed by atoms with Gasteiger partial charge in [0.2, 0.25) is 10.0 Å². The number of carbonyl (C=O) groups is 2. The number of nitrogens with one attached hydrogen (secondary N) is 1. The van der Waals surface area contributed by atoms with Crippen molar-refractivity contribution >= 4 is 22.0 Å². The van der Waals surface area contributed by atoms with Gasteiger partial charge in [-0.3, -0.25) is 0 Å². The topological polar surface area (TPSA) is 98.8 Å². The van der Waals surface area contributed by atoms with Gasteiger partial charge in [-0.1, -0.05) is 24.3 Å². The first-order valence-corrected chi connectivity index (χ1v) is 9.40. The first-order chi connectivity index (χ1) is 12.9. The Balaban J connectivity index is 2.05. The van der Waals surface area contributed by atoms with Crippen molar-refractivity contribution in [2.75, 3.05) is 13.7 Å². The quantitative estimate of drug-likeness (QED) is 0.549. The molecule has 2 aromatic carbocycles. The van der Waals surface area contributed by atoms with Gasteiger partial charge in [-0.2, -0.15) is 0 Å². The SMILES string of the molecule is C=CCNS(=O)(=O)c1cccc(C(=O)OCc2ccc(C(=O)OC)cc2)c1.